The van der Waals surface area contributed by atoms with Crippen LogP contribution in [0.5, 0.6) is 5.75 Å². The van der Waals surface area contributed by atoms with E-state index in [1.54, 1.807) is 6.20 Å². The average molecular weight is 324 g/mol. The molecule has 4 nitrogen and oxygen atoms in total. The summed E-state index contributed by atoms with van der Waals surface area (Å²) in [5, 5.41) is 2.87. The highest BCUT2D eigenvalue weighted by molar-refractivity contribution is 5.92. The van der Waals surface area contributed by atoms with E-state index in [1.165, 1.54) is 32.1 Å². The van der Waals surface area contributed by atoms with Gasteiger partial charge in [0.2, 0.25) is 5.91 Å². The van der Waals surface area contributed by atoms with Crippen molar-refractivity contribution < 1.29 is 9.53 Å². The summed E-state index contributed by atoms with van der Waals surface area (Å²) in [6, 6.07) is 13.4. The summed E-state index contributed by atoms with van der Waals surface area (Å²) in [5.41, 5.74) is 0.982. The number of nitrogens with one attached hydrogen (secondary N) is 1. The van der Waals surface area contributed by atoms with E-state index in [4.69, 9.17) is 4.74 Å². The highest BCUT2D eigenvalue weighted by atomic mass is 16.5. The lowest BCUT2D eigenvalue weighted by molar-refractivity contribution is -0.115. The van der Waals surface area contributed by atoms with E-state index in [9.17, 15) is 4.79 Å². The maximum absolute atomic E-state index is 12.2. The first-order valence-corrected chi connectivity index (χ1v) is 8.73. The largest absolute Gasteiger partial charge is 0.489 e. The lowest BCUT2D eigenvalue weighted by atomic mass is 9.90. The van der Waals surface area contributed by atoms with Crippen molar-refractivity contribution in [1.29, 1.82) is 0 Å². The van der Waals surface area contributed by atoms with Crippen molar-refractivity contribution in [1.82, 2.24) is 4.98 Å². The summed E-state index contributed by atoms with van der Waals surface area (Å²) < 4.78 is 5.95. The molecule has 1 N–H and O–H groups in total. The third-order valence-electron chi connectivity index (χ3n) is 4.44. The maximum Gasteiger partial charge on any atom is 0.230 e. The van der Waals surface area contributed by atoms with Crippen LogP contribution in [0.25, 0.3) is 0 Å². The molecule has 24 heavy (non-hydrogen) atoms. The van der Waals surface area contributed by atoms with Crippen molar-refractivity contribution in [2.75, 3.05) is 11.9 Å². The maximum atomic E-state index is 12.2. The first-order chi connectivity index (χ1) is 11.8. The van der Waals surface area contributed by atoms with Crippen molar-refractivity contribution in [2.24, 2.45) is 5.92 Å². The summed E-state index contributed by atoms with van der Waals surface area (Å²) in [5.74, 6) is 1.70. The van der Waals surface area contributed by atoms with Crippen LogP contribution in [-0.4, -0.2) is 17.5 Å². The number of nitrogens with zero attached hydrogens (tertiary/aromatic N) is 1. The normalized spacial score (nSPS) is 15.0. The second kappa shape index (κ2) is 8.48. The number of pyridine rings is 1. The quantitative estimate of drug-likeness (QED) is 0.865. The average Bonchev–Trinajstić information content (AvgIpc) is 2.63. The van der Waals surface area contributed by atoms with Gasteiger partial charge in [-0.05, 0) is 36.5 Å². The molecule has 126 valence electrons. The first kappa shape index (κ1) is 16.5. The Morgan fingerprint density at radius 2 is 1.88 bits per heavy atom. The van der Waals surface area contributed by atoms with Crippen LogP contribution in [0.1, 0.15) is 37.7 Å². The molecule has 0 spiro atoms. The monoisotopic (exact) mass is 324 g/mol. The molecule has 4 heteroatoms. The highest BCUT2D eigenvalue weighted by Gasteiger charge is 2.16. The summed E-state index contributed by atoms with van der Waals surface area (Å²) in [4.78, 5) is 16.5. The first-order valence-electron chi connectivity index (χ1n) is 8.73. The molecule has 0 radical (unpaired) electrons. The summed E-state index contributed by atoms with van der Waals surface area (Å²) in [6.07, 6.45) is 8.39. The topological polar surface area (TPSA) is 51.2 Å². The Labute approximate surface area is 143 Å². The molecule has 0 aliphatic heterocycles. The molecular formula is C20H24N2O2. The summed E-state index contributed by atoms with van der Waals surface area (Å²) in [6.45, 7) is 0.702. The van der Waals surface area contributed by atoms with Crippen molar-refractivity contribution in [3.8, 4) is 5.75 Å². The predicted molar refractivity (Wildman–Crippen MR) is 95.1 cm³/mol. The molecule has 0 bridgehead atoms. The minimum Gasteiger partial charge on any atom is -0.489 e. The van der Waals surface area contributed by atoms with Gasteiger partial charge < -0.3 is 10.1 Å². The second-order valence-corrected chi connectivity index (χ2v) is 6.38. The van der Waals surface area contributed by atoms with Crippen LogP contribution in [0.2, 0.25) is 0 Å². The van der Waals surface area contributed by atoms with Crippen LogP contribution in [0.15, 0.2) is 48.7 Å². The minimum absolute atomic E-state index is 0.0811. The van der Waals surface area contributed by atoms with Gasteiger partial charge in [-0.3, -0.25) is 4.79 Å². The predicted octanol–water partition coefficient (Wildman–Crippen LogP) is 4.22. The molecular weight excluding hydrogens is 300 g/mol. The number of anilines is 1. The number of benzene rings is 1. The fourth-order valence-corrected chi connectivity index (χ4v) is 3.12. The van der Waals surface area contributed by atoms with Crippen LogP contribution in [0.4, 0.5) is 5.82 Å². The van der Waals surface area contributed by atoms with Gasteiger partial charge in [-0.2, -0.15) is 0 Å². The number of hydrogen-bond acceptors (Lipinski definition) is 3. The van der Waals surface area contributed by atoms with Crippen molar-refractivity contribution in [3.63, 3.8) is 0 Å². The fourth-order valence-electron chi connectivity index (χ4n) is 3.12. The van der Waals surface area contributed by atoms with E-state index < -0.39 is 0 Å². The molecule has 0 saturated heterocycles. The number of rotatable bonds is 6. The molecule has 1 aromatic heterocycles. The number of ether oxygens (including phenoxy) is 1. The number of hydrogen-bond donors (Lipinski definition) is 1. The Morgan fingerprint density at radius 3 is 2.67 bits per heavy atom. The standard InChI is InChI=1S/C20H24N2O2/c23-19(14-16-8-3-1-4-9-16)22-20-18(12-7-13-21-20)24-15-17-10-5-2-6-11-17/h1,3-4,7-9,12-13,17H,2,5-6,10-11,14-15H2,(H,21,22,23). The van der Waals surface area contributed by atoms with Crippen LogP contribution < -0.4 is 10.1 Å². The van der Waals surface area contributed by atoms with Gasteiger partial charge in [-0.1, -0.05) is 49.6 Å². The molecule has 1 amide bonds. The zero-order valence-corrected chi connectivity index (χ0v) is 13.9. The van der Waals surface area contributed by atoms with Crippen molar-refractivity contribution in [2.45, 2.75) is 38.5 Å². The van der Waals surface area contributed by atoms with Gasteiger partial charge in [-0.25, -0.2) is 4.98 Å². The van der Waals surface area contributed by atoms with Gasteiger partial charge in [0.25, 0.3) is 0 Å². The van der Waals surface area contributed by atoms with E-state index in [0.29, 0.717) is 30.5 Å². The lowest BCUT2D eigenvalue weighted by Gasteiger charge is -2.22. The minimum atomic E-state index is -0.0811. The van der Waals surface area contributed by atoms with E-state index in [0.717, 1.165) is 5.56 Å². The van der Waals surface area contributed by atoms with Gasteiger partial charge >= 0.3 is 0 Å². The second-order valence-electron chi connectivity index (χ2n) is 6.38. The Morgan fingerprint density at radius 1 is 1.08 bits per heavy atom. The smallest absolute Gasteiger partial charge is 0.230 e. The van der Waals surface area contributed by atoms with Gasteiger partial charge in [0.05, 0.1) is 13.0 Å². The van der Waals surface area contributed by atoms with Gasteiger partial charge in [0.15, 0.2) is 11.6 Å². The van der Waals surface area contributed by atoms with Crippen molar-refractivity contribution >= 4 is 11.7 Å². The molecule has 1 aliphatic carbocycles. The number of carbonyl (C=O) groups excluding carboxylic acids is 1. The van der Waals surface area contributed by atoms with Crippen LogP contribution in [0.3, 0.4) is 0 Å². The Balaban J connectivity index is 1.57. The highest BCUT2D eigenvalue weighted by Crippen LogP contribution is 2.27. The van der Waals surface area contributed by atoms with Gasteiger partial charge in [-0.15, -0.1) is 0 Å². The van der Waals surface area contributed by atoms with E-state index in [2.05, 4.69) is 10.3 Å². The number of amides is 1. The summed E-state index contributed by atoms with van der Waals surface area (Å²) >= 11 is 0. The molecule has 1 aliphatic rings. The molecule has 2 aromatic rings. The van der Waals surface area contributed by atoms with Crippen LogP contribution >= 0.6 is 0 Å². The third-order valence-corrected chi connectivity index (χ3v) is 4.44. The van der Waals surface area contributed by atoms with Gasteiger partial charge in [0.1, 0.15) is 0 Å². The lowest BCUT2D eigenvalue weighted by Crippen LogP contribution is -2.18. The molecule has 3 rings (SSSR count). The molecule has 0 atom stereocenters. The third kappa shape index (κ3) is 4.82. The molecule has 1 fully saturated rings. The van der Waals surface area contributed by atoms with E-state index in [-0.39, 0.29) is 5.91 Å². The fraction of sp³-hybridized carbons (Fsp3) is 0.400. The van der Waals surface area contributed by atoms with Crippen LogP contribution in [-0.2, 0) is 11.2 Å². The zero-order chi connectivity index (χ0) is 16.6. The molecule has 1 heterocycles. The Bertz CT molecular complexity index is 652. The molecule has 1 saturated carbocycles. The van der Waals surface area contributed by atoms with E-state index >= 15 is 0 Å². The number of carbonyl (C=O) groups is 1. The SMILES string of the molecule is O=C(Cc1ccccc1)Nc1ncccc1OCC1CCCCC1. The molecule has 0 unspecified atom stereocenters. The van der Waals surface area contributed by atoms with Crippen molar-refractivity contribution in [3.05, 3.63) is 54.2 Å². The Hall–Kier alpha value is -2.36. The Kier molecular flexibility index (Phi) is 5.83. The van der Waals surface area contributed by atoms with Crippen LogP contribution in [0, 0.1) is 5.92 Å². The van der Waals surface area contributed by atoms with Gasteiger partial charge in [0, 0.05) is 6.20 Å². The molecule has 1 aromatic carbocycles. The zero-order valence-electron chi connectivity index (χ0n) is 13.9. The number of aromatic nitrogens is 1. The van der Waals surface area contributed by atoms with E-state index in [1.807, 2.05) is 42.5 Å². The summed E-state index contributed by atoms with van der Waals surface area (Å²) in [7, 11) is 0.